The van der Waals surface area contributed by atoms with E-state index in [0.717, 1.165) is 12.4 Å². The first kappa shape index (κ1) is 13.0. The van der Waals surface area contributed by atoms with Crippen molar-refractivity contribution in [2.24, 2.45) is 5.14 Å². The minimum atomic E-state index is -3.61. The molecular weight excluding hydrogens is 233 g/mol. The van der Waals surface area contributed by atoms with Crippen LogP contribution in [0.15, 0.2) is 12.4 Å². The van der Waals surface area contributed by atoms with Gasteiger partial charge < -0.3 is 0 Å². The minimum absolute atomic E-state index is 0.118. The highest BCUT2D eigenvalue weighted by Gasteiger charge is 2.22. The summed E-state index contributed by atoms with van der Waals surface area (Å²) in [6.45, 7) is 1.86. The maximum atomic E-state index is 12.5. The zero-order chi connectivity index (χ0) is 12.2. The van der Waals surface area contributed by atoms with E-state index in [1.54, 1.807) is 0 Å². The molecule has 1 heterocycles. The van der Waals surface area contributed by atoms with Gasteiger partial charge in [0.05, 0.1) is 17.6 Å². The lowest BCUT2D eigenvalue weighted by molar-refractivity contribution is 0.562. The predicted molar refractivity (Wildman–Crippen MR) is 57.5 cm³/mol. The SMILES string of the molecule is CCC[C@@H](Cc1ncc(F)cn1)S(N)(=O)=O. The van der Waals surface area contributed by atoms with Gasteiger partial charge in [-0.05, 0) is 6.42 Å². The molecule has 90 valence electrons. The number of halogens is 1. The van der Waals surface area contributed by atoms with Crippen LogP contribution in [0.3, 0.4) is 0 Å². The molecule has 1 atom stereocenters. The van der Waals surface area contributed by atoms with Crippen LogP contribution in [0.5, 0.6) is 0 Å². The highest BCUT2D eigenvalue weighted by molar-refractivity contribution is 7.89. The normalized spacial score (nSPS) is 13.7. The van der Waals surface area contributed by atoms with Gasteiger partial charge in [-0.25, -0.2) is 27.9 Å². The van der Waals surface area contributed by atoms with Gasteiger partial charge in [0.2, 0.25) is 10.0 Å². The fourth-order valence-electron chi connectivity index (χ4n) is 1.35. The largest absolute Gasteiger partial charge is 0.238 e. The van der Waals surface area contributed by atoms with E-state index in [1.807, 2.05) is 6.92 Å². The van der Waals surface area contributed by atoms with Crippen molar-refractivity contribution in [3.8, 4) is 0 Å². The summed E-state index contributed by atoms with van der Waals surface area (Å²) < 4.78 is 35.0. The van der Waals surface area contributed by atoms with Crippen molar-refractivity contribution in [3.63, 3.8) is 0 Å². The molecule has 0 aliphatic heterocycles. The summed E-state index contributed by atoms with van der Waals surface area (Å²) in [6, 6.07) is 0. The molecule has 0 radical (unpaired) electrons. The quantitative estimate of drug-likeness (QED) is 0.826. The van der Waals surface area contributed by atoms with E-state index in [1.165, 1.54) is 0 Å². The lowest BCUT2D eigenvalue weighted by Gasteiger charge is -2.12. The molecule has 2 N–H and O–H groups in total. The van der Waals surface area contributed by atoms with E-state index in [2.05, 4.69) is 9.97 Å². The molecule has 0 amide bonds. The molecule has 0 bridgehead atoms. The van der Waals surface area contributed by atoms with Crippen molar-refractivity contribution >= 4 is 10.0 Å². The molecule has 1 rings (SSSR count). The first-order valence-corrected chi connectivity index (χ1v) is 6.52. The standard InChI is InChI=1S/C9H14FN3O2S/c1-2-3-8(16(11,14)15)4-9-12-5-7(10)6-13-9/h5-6,8H,2-4H2,1H3,(H2,11,14,15)/t8-/m0/s1. The van der Waals surface area contributed by atoms with Gasteiger partial charge in [-0.3, -0.25) is 0 Å². The topological polar surface area (TPSA) is 85.9 Å². The molecule has 1 aromatic rings. The number of sulfonamides is 1. The summed E-state index contributed by atoms with van der Waals surface area (Å²) in [6.07, 6.45) is 3.28. The van der Waals surface area contributed by atoms with Crippen LogP contribution in [-0.4, -0.2) is 23.6 Å². The lowest BCUT2D eigenvalue weighted by atomic mass is 10.2. The van der Waals surface area contributed by atoms with Gasteiger partial charge in [-0.1, -0.05) is 13.3 Å². The molecule has 0 aliphatic carbocycles. The lowest BCUT2D eigenvalue weighted by Crippen LogP contribution is -2.31. The van der Waals surface area contributed by atoms with Crippen molar-refractivity contribution in [1.82, 2.24) is 9.97 Å². The molecule has 16 heavy (non-hydrogen) atoms. The van der Waals surface area contributed by atoms with Crippen LogP contribution in [0.1, 0.15) is 25.6 Å². The summed E-state index contributed by atoms with van der Waals surface area (Å²) in [7, 11) is -3.61. The Kier molecular flexibility index (Phi) is 4.31. The highest BCUT2D eigenvalue weighted by atomic mass is 32.2. The maximum Gasteiger partial charge on any atom is 0.212 e. The minimum Gasteiger partial charge on any atom is -0.238 e. The Morgan fingerprint density at radius 3 is 2.44 bits per heavy atom. The van der Waals surface area contributed by atoms with Crippen molar-refractivity contribution in [3.05, 3.63) is 24.0 Å². The van der Waals surface area contributed by atoms with Gasteiger partial charge in [0.1, 0.15) is 5.82 Å². The number of hydrogen-bond donors (Lipinski definition) is 1. The summed E-state index contributed by atoms with van der Waals surface area (Å²) in [5.74, 6) is -0.264. The molecule has 0 fully saturated rings. The van der Waals surface area contributed by atoms with Gasteiger partial charge in [-0.15, -0.1) is 0 Å². The highest BCUT2D eigenvalue weighted by Crippen LogP contribution is 2.10. The zero-order valence-electron chi connectivity index (χ0n) is 8.93. The molecule has 0 unspecified atom stereocenters. The van der Waals surface area contributed by atoms with Gasteiger partial charge in [0.15, 0.2) is 5.82 Å². The number of primary sulfonamides is 1. The summed E-state index contributed by atoms with van der Waals surface area (Å²) in [5, 5.41) is 4.38. The Bertz CT molecular complexity index is 433. The van der Waals surface area contributed by atoms with Gasteiger partial charge in [-0.2, -0.15) is 0 Å². The Balaban J connectivity index is 2.80. The Labute approximate surface area is 94.0 Å². The van der Waals surface area contributed by atoms with E-state index >= 15 is 0 Å². The number of nitrogens with zero attached hydrogens (tertiary/aromatic N) is 2. The Morgan fingerprint density at radius 1 is 1.44 bits per heavy atom. The van der Waals surface area contributed by atoms with Crippen molar-refractivity contribution in [1.29, 1.82) is 0 Å². The van der Waals surface area contributed by atoms with Crippen LogP contribution < -0.4 is 5.14 Å². The zero-order valence-corrected chi connectivity index (χ0v) is 9.74. The van der Waals surface area contributed by atoms with E-state index in [-0.39, 0.29) is 12.2 Å². The van der Waals surface area contributed by atoms with E-state index in [0.29, 0.717) is 12.8 Å². The first-order chi connectivity index (χ1) is 7.43. The summed E-state index contributed by atoms with van der Waals surface area (Å²) in [5.41, 5.74) is 0. The van der Waals surface area contributed by atoms with Crippen LogP contribution in [0, 0.1) is 5.82 Å². The average molecular weight is 247 g/mol. The van der Waals surface area contributed by atoms with Crippen LogP contribution in [-0.2, 0) is 16.4 Å². The van der Waals surface area contributed by atoms with Crippen LogP contribution in [0.2, 0.25) is 0 Å². The molecule has 5 nitrogen and oxygen atoms in total. The molecule has 0 spiro atoms. The van der Waals surface area contributed by atoms with E-state index in [4.69, 9.17) is 5.14 Å². The molecular formula is C9H14FN3O2S. The van der Waals surface area contributed by atoms with Gasteiger partial charge in [0, 0.05) is 6.42 Å². The maximum absolute atomic E-state index is 12.5. The van der Waals surface area contributed by atoms with Crippen molar-refractivity contribution in [2.45, 2.75) is 31.4 Å². The average Bonchev–Trinajstić information content (AvgIpc) is 2.19. The molecule has 0 saturated heterocycles. The second-order valence-corrected chi connectivity index (χ2v) is 5.37. The smallest absolute Gasteiger partial charge is 0.212 e. The third-order valence-corrected chi connectivity index (χ3v) is 3.49. The molecule has 0 aliphatic rings. The van der Waals surface area contributed by atoms with E-state index in [9.17, 15) is 12.8 Å². The molecule has 0 saturated carbocycles. The second-order valence-electron chi connectivity index (χ2n) is 3.52. The third kappa shape index (κ3) is 3.82. The molecule has 0 aromatic carbocycles. The van der Waals surface area contributed by atoms with Gasteiger partial charge in [0.25, 0.3) is 0 Å². The summed E-state index contributed by atoms with van der Waals surface area (Å²) >= 11 is 0. The predicted octanol–water partition coefficient (Wildman–Crippen LogP) is 0.615. The van der Waals surface area contributed by atoms with Crippen LogP contribution >= 0.6 is 0 Å². The number of aromatic nitrogens is 2. The molecule has 1 aromatic heterocycles. The third-order valence-electron chi connectivity index (χ3n) is 2.16. The monoisotopic (exact) mass is 247 g/mol. The fourth-order valence-corrected chi connectivity index (χ4v) is 2.30. The van der Waals surface area contributed by atoms with E-state index < -0.39 is 21.1 Å². The Morgan fingerprint density at radius 2 is 2.00 bits per heavy atom. The molecule has 7 heteroatoms. The number of hydrogen-bond acceptors (Lipinski definition) is 4. The first-order valence-electron chi connectivity index (χ1n) is 4.91. The Hall–Kier alpha value is -1.08. The van der Waals surface area contributed by atoms with Crippen LogP contribution in [0.25, 0.3) is 0 Å². The number of nitrogens with two attached hydrogens (primary N) is 1. The fraction of sp³-hybridized carbons (Fsp3) is 0.556. The number of rotatable bonds is 5. The summed E-state index contributed by atoms with van der Waals surface area (Å²) in [4.78, 5) is 7.42. The van der Waals surface area contributed by atoms with Crippen LogP contribution in [0.4, 0.5) is 4.39 Å². The second kappa shape index (κ2) is 5.31. The van der Waals surface area contributed by atoms with Gasteiger partial charge >= 0.3 is 0 Å². The van der Waals surface area contributed by atoms with Crippen molar-refractivity contribution in [2.75, 3.05) is 0 Å². The van der Waals surface area contributed by atoms with Crippen molar-refractivity contribution < 1.29 is 12.8 Å².